The van der Waals surface area contributed by atoms with Crippen LogP contribution in [0.15, 0.2) is 46.8 Å². The minimum atomic E-state index is -0.898. The van der Waals surface area contributed by atoms with Crippen LogP contribution < -0.4 is 10.2 Å². The van der Waals surface area contributed by atoms with Crippen LogP contribution >= 0.6 is 0 Å². The number of rotatable bonds is 5. The van der Waals surface area contributed by atoms with E-state index in [2.05, 4.69) is 5.32 Å². The SMILES string of the molecule is COC(=O)[C@@H]1C(=O)C2=C(C[C@H]1C)NC(C)=C(C(=O)OC(C)C)[C@H]2c1ccc(N(C)C)cc1. The number of hydrogen-bond donors (Lipinski definition) is 1. The first-order chi connectivity index (χ1) is 15.1. The summed E-state index contributed by atoms with van der Waals surface area (Å²) >= 11 is 0. The summed E-state index contributed by atoms with van der Waals surface area (Å²) < 4.78 is 10.5. The fourth-order valence-corrected chi connectivity index (χ4v) is 4.53. The van der Waals surface area contributed by atoms with Gasteiger partial charge in [0.2, 0.25) is 0 Å². The predicted molar refractivity (Wildman–Crippen MR) is 122 cm³/mol. The molecule has 0 bridgehead atoms. The molecule has 7 nitrogen and oxygen atoms in total. The summed E-state index contributed by atoms with van der Waals surface area (Å²) in [6.45, 7) is 7.27. The van der Waals surface area contributed by atoms with Gasteiger partial charge in [0.1, 0.15) is 5.92 Å². The number of carbonyl (C=O) groups excluding carboxylic acids is 3. The second kappa shape index (κ2) is 9.18. The average molecular weight is 441 g/mol. The molecule has 1 aliphatic carbocycles. The molecule has 0 unspecified atom stereocenters. The molecule has 0 radical (unpaired) electrons. The fraction of sp³-hybridized carbons (Fsp3) is 0.480. The number of benzene rings is 1. The van der Waals surface area contributed by atoms with Crippen molar-refractivity contribution in [1.82, 2.24) is 5.32 Å². The fourth-order valence-electron chi connectivity index (χ4n) is 4.53. The van der Waals surface area contributed by atoms with Gasteiger partial charge in [0, 0.05) is 42.7 Å². The monoisotopic (exact) mass is 440 g/mol. The Morgan fingerprint density at radius 1 is 1.16 bits per heavy atom. The summed E-state index contributed by atoms with van der Waals surface area (Å²) in [6.07, 6.45) is 0.205. The number of nitrogens with zero attached hydrogens (tertiary/aromatic N) is 1. The molecule has 1 aliphatic heterocycles. The molecule has 0 spiro atoms. The maximum Gasteiger partial charge on any atom is 0.337 e. The van der Waals surface area contributed by atoms with E-state index in [1.807, 2.05) is 57.1 Å². The first kappa shape index (κ1) is 23.6. The van der Waals surface area contributed by atoms with Gasteiger partial charge in [-0.15, -0.1) is 0 Å². The van der Waals surface area contributed by atoms with Crippen LogP contribution in [0.3, 0.4) is 0 Å². The summed E-state index contributed by atoms with van der Waals surface area (Å²) in [5.74, 6) is -3.06. The Hall–Kier alpha value is -3.09. The molecule has 1 aromatic carbocycles. The van der Waals surface area contributed by atoms with Crippen LogP contribution in [0.2, 0.25) is 0 Å². The van der Waals surface area contributed by atoms with Gasteiger partial charge in [-0.3, -0.25) is 9.59 Å². The molecule has 3 rings (SSSR count). The number of methoxy groups -OCH3 is 1. The summed E-state index contributed by atoms with van der Waals surface area (Å²) in [7, 11) is 5.18. The van der Waals surface area contributed by atoms with Crippen molar-refractivity contribution >= 4 is 23.4 Å². The van der Waals surface area contributed by atoms with Crippen molar-refractivity contribution in [1.29, 1.82) is 0 Å². The van der Waals surface area contributed by atoms with E-state index in [4.69, 9.17) is 9.47 Å². The van der Waals surface area contributed by atoms with Crippen LogP contribution in [0, 0.1) is 11.8 Å². The lowest BCUT2D eigenvalue weighted by atomic mass is 9.69. The molecule has 0 fully saturated rings. The van der Waals surface area contributed by atoms with Crippen molar-refractivity contribution in [3.05, 3.63) is 52.4 Å². The molecule has 7 heteroatoms. The third-order valence-electron chi connectivity index (χ3n) is 6.05. The molecule has 0 aromatic heterocycles. The van der Waals surface area contributed by atoms with E-state index in [0.29, 0.717) is 23.3 Å². The zero-order valence-corrected chi connectivity index (χ0v) is 19.8. The molecule has 1 aromatic rings. The average Bonchev–Trinajstić information content (AvgIpc) is 2.71. The predicted octanol–water partition coefficient (Wildman–Crippen LogP) is 3.32. The minimum absolute atomic E-state index is 0.213. The number of ketones is 1. The first-order valence-corrected chi connectivity index (χ1v) is 10.9. The number of hydrogen-bond acceptors (Lipinski definition) is 7. The topological polar surface area (TPSA) is 84.9 Å². The molecule has 172 valence electrons. The lowest BCUT2D eigenvalue weighted by Gasteiger charge is -2.38. The smallest absolute Gasteiger partial charge is 0.337 e. The molecule has 32 heavy (non-hydrogen) atoms. The Labute approximate surface area is 189 Å². The highest BCUT2D eigenvalue weighted by molar-refractivity contribution is 6.12. The van der Waals surface area contributed by atoms with Crippen LogP contribution in [-0.4, -0.2) is 45.0 Å². The van der Waals surface area contributed by atoms with Crippen LogP contribution in [0.1, 0.15) is 45.6 Å². The normalized spacial score (nSPS) is 23.0. The standard InChI is InChI=1S/C25H32N2O5/c1-13(2)32-25(30)20-15(4)26-18-12-14(3)19(24(29)31-7)23(28)22(18)21(20)16-8-10-17(11-9-16)27(5)6/h8-11,13-14,19,21,26H,12H2,1-7H3/t14-,19+,21-/m1/s1. The Kier molecular flexibility index (Phi) is 6.77. The van der Waals surface area contributed by atoms with E-state index in [1.165, 1.54) is 7.11 Å². The summed E-state index contributed by atoms with van der Waals surface area (Å²) in [6, 6.07) is 7.74. The highest BCUT2D eigenvalue weighted by Gasteiger charge is 2.47. The van der Waals surface area contributed by atoms with Crippen molar-refractivity contribution < 1.29 is 23.9 Å². The van der Waals surface area contributed by atoms with Gasteiger partial charge >= 0.3 is 11.9 Å². The van der Waals surface area contributed by atoms with Gasteiger partial charge in [-0.2, -0.15) is 0 Å². The van der Waals surface area contributed by atoms with Crippen LogP contribution in [0.25, 0.3) is 0 Å². The lowest BCUT2D eigenvalue weighted by Crippen LogP contribution is -2.43. The summed E-state index contributed by atoms with van der Waals surface area (Å²) in [4.78, 5) is 41.2. The van der Waals surface area contributed by atoms with Gasteiger partial charge in [-0.25, -0.2) is 4.79 Å². The number of ether oxygens (including phenoxy) is 2. The summed E-state index contributed by atoms with van der Waals surface area (Å²) in [5.41, 5.74) is 4.04. The van der Waals surface area contributed by atoms with Gasteiger partial charge < -0.3 is 19.7 Å². The van der Waals surface area contributed by atoms with E-state index in [-0.39, 0.29) is 17.8 Å². The zero-order chi connectivity index (χ0) is 23.7. The molecular weight excluding hydrogens is 408 g/mol. The Balaban J connectivity index is 2.17. The summed E-state index contributed by atoms with van der Waals surface area (Å²) in [5, 5.41) is 3.27. The van der Waals surface area contributed by atoms with Crippen molar-refractivity contribution in [2.24, 2.45) is 11.8 Å². The molecule has 2 aliphatic rings. The number of anilines is 1. The van der Waals surface area contributed by atoms with Crippen molar-refractivity contribution in [2.45, 2.75) is 46.1 Å². The highest BCUT2D eigenvalue weighted by Crippen LogP contribution is 2.45. The number of esters is 2. The Morgan fingerprint density at radius 3 is 2.31 bits per heavy atom. The maximum atomic E-state index is 13.6. The Morgan fingerprint density at radius 2 is 1.78 bits per heavy atom. The largest absolute Gasteiger partial charge is 0.468 e. The van der Waals surface area contributed by atoms with E-state index < -0.39 is 23.8 Å². The third kappa shape index (κ3) is 4.29. The van der Waals surface area contributed by atoms with Crippen molar-refractivity contribution in [2.75, 3.05) is 26.1 Å². The molecular formula is C25H32N2O5. The molecule has 1 N–H and O–H groups in total. The first-order valence-electron chi connectivity index (χ1n) is 10.9. The number of carbonyl (C=O) groups is 3. The van der Waals surface area contributed by atoms with E-state index in [9.17, 15) is 14.4 Å². The van der Waals surface area contributed by atoms with Gasteiger partial charge in [0.15, 0.2) is 5.78 Å². The molecule has 3 atom stereocenters. The molecule has 0 saturated carbocycles. The number of allylic oxidation sites excluding steroid dienone is 3. The quantitative estimate of drug-likeness (QED) is 0.555. The van der Waals surface area contributed by atoms with Crippen molar-refractivity contribution in [3.63, 3.8) is 0 Å². The van der Waals surface area contributed by atoms with Gasteiger partial charge in [0.05, 0.1) is 18.8 Å². The van der Waals surface area contributed by atoms with E-state index in [0.717, 1.165) is 16.9 Å². The third-order valence-corrected chi connectivity index (χ3v) is 6.05. The molecule has 1 heterocycles. The van der Waals surface area contributed by atoms with Gasteiger partial charge in [0.25, 0.3) is 0 Å². The number of Topliss-reactive ketones (excluding diaryl/α,β-unsaturated/α-hetero) is 1. The van der Waals surface area contributed by atoms with Crippen LogP contribution in [0.5, 0.6) is 0 Å². The minimum Gasteiger partial charge on any atom is -0.468 e. The second-order valence-corrected chi connectivity index (χ2v) is 8.98. The molecule has 0 saturated heterocycles. The van der Waals surface area contributed by atoms with Crippen molar-refractivity contribution in [3.8, 4) is 0 Å². The maximum absolute atomic E-state index is 13.6. The Bertz CT molecular complexity index is 988. The number of nitrogens with one attached hydrogen (secondary N) is 1. The molecule has 0 amide bonds. The second-order valence-electron chi connectivity index (χ2n) is 8.98. The van der Waals surface area contributed by atoms with Gasteiger partial charge in [-0.05, 0) is 50.8 Å². The van der Waals surface area contributed by atoms with Crippen LogP contribution in [-0.2, 0) is 23.9 Å². The number of dihydropyridines is 1. The zero-order valence-electron chi connectivity index (χ0n) is 19.8. The highest BCUT2D eigenvalue weighted by atomic mass is 16.5. The lowest BCUT2D eigenvalue weighted by molar-refractivity contribution is -0.151. The van der Waals surface area contributed by atoms with Crippen LogP contribution in [0.4, 0.5) is 5.69 Å². The van der Waals surface area contributed by atoms with Gasteiger partial charge in [-0.1, -0.05) is 19.1 Å². The van der Waals surface area contributed by atoms with E-state index in [1.54, 1.807) is 13.8 Å². The van der Waals surface area contributed by atoms with E-state index >= 15 is 0 Å².